The molecule has 0 unspecified atom stereocenters. The second kappa shape index (κ2) is 5.99. The summed E-state index contributed by atoms with van der Waals surface area (Å²) in [6.07, 6.45) is 1.33. The highest BCUT2D eigenvalue weighted by atomic mass is 127. The number of rotatable bonds is 5. The van der Waals surface area contributed by atoms with E-state index in [-0.39, 0.29) is 12.1 Å². The Balaban J connectivity index is 3.07. The van der Waals surface area contributed by atoms with Crippen molar-refractivity contribution in [2.75, 3.05) is 18.0 Å². The molecule has 7 heteroatoms. The molecule has 94 valence electrons. The maximum atomic E-state index is 11.5. The van der Waals surface area contributed by atoms with E-state index in [1.807, 2.05) is 36.4 Å². The normalized spacial score (nSPS) is 10.6. The van der Waals surface area contributed by atoms with E-state index < -0.39 is 5.91 Å². The molecule has 0 saturated carbocycles. The van der Waals surface area contributed by atoms with Crippen LogP contribution in [0.3, 0.4) is 0 Å². The highest BCUT2D eigenvalue weighted by Gasteiger charge is 2.16. The Bertz CT molecular complexity index is 458. The van der Waals surface area contributed by atoms with Gasteiger partial charge in [0.1, 0.15) is 9.39 Å². The molecule has 1 aromatic rings. The fraction of sp³-hybridized carbons (Fsp3) is 0.500. The van der Waals surface area contributed by atoms with Crippen molar-refractivity contribution in [3.8, 4) is 0 Å². The number of nitrogens with two attached hydrogens (primary N) is 1. The lowest BCUT2D eigenvalue weighted by Crippen LogP contribution is -2.38. The number of anilines is 1. The van der Waals surface area contributed by atoms with Crippen molar-refractivity contribution in [2.45, 2.75) is 13.8 Å². The van der Waals surface area contributed by atoms with Crippen molar-refractivity contribution < 1.29 is 4.79 Å². The number of hydrogen-bond donors (Lipinski definition) is 2. The number of aromatic amines is 1. The summed E-state index contributed by atoms with van der Waals surface area (Å²) in [5, 5.41) is 0. The van der Waals surface area contributed by atoms with Gasteiger partial charge in [-0.25, -0.2) is 4.98 Å². The lowest BCUT2D eigenvalue weighted by Gasteiger charge is -2.24. The number of halogens is 1. The van der Waals surface area contributed by atoms with E-state index in [4.69, 9.17) is 5.73 Å². The first-order valence-corrected chi connectivity index (χ1v) is 6.26. The summed E-state index contributed by atoms with van der Waals surface area (Å²) < 4.78 is 0.465. The second-order valence-corrected chi connectivity index (χ2v) is 5.19. The van der Waals surface area contributed by atoms with Crippen LogP contribution in [0.2, 0.25) is 0 Å². The molecular formula is C10H15IN4O2. The van der Waals surface area contributed by atoms with Crippen molar-refractivity contribution in [3.63, 3.8) is 0 Å². The molecule has 0 radical (unpaired) electrons. The molecule has 0 bridgehead atoms. The molecule has 0 spiro atoms. The van der Waals surface area contributed by atoms with Crippen LogP contribution in [0.4, 0.5) is 5.82 Å². The van der Waals surface area contributed by atoms with Gasteiger partial charge in [0, 0.05) is 6.54 Å². The maximum absolute atomic E-state index is 11.5. The minimum absolute atomic E-state index is 0.0602. The lowest BCUT2D eigenvalue weighted by atomic mass is 10.2. The lowest BCUT2D eigenvalue weighted by molar-refractivity contribution is -0.116. The van der Waals surface area contributed by atoms with Crippen molar-refractivity contribution >= 4 is 34.3 Å². The van der Waals surface area contributed by atoms with Gasteiger partial charge in [0.05, 0.1) is 12.9 Å². The number of aromatic nitrogens is 2. The summed E-state index contributed by atoms with van der Waals surface area (Å²) in [6.45, 7) is 4.72. The average molecular weight is 350 g/mol. The van der Waals surface area contributed by atoms with Gasteiger partial charge in [-0.2, -0.15) is 0 Å². The molecule has 0 atom stereocenters. The molecule has 0 fully saturated rings. The van der Waals surface area contributed by atoms with Crippen molar-refractivity contribution in [3.05, 3.63) is 20.3 Å². The predicted octanol–water partition coefficient (Wildman–Crippen LogP) is 0.322. The van der Waals surface area contributed by atoms with Crippen LogP contribution in [0.15, 0.2) is 11.1 Å². The van der Waals surface area contributed by atoms with Gasteiger partial charge in [-0.1, -0.05) is 13.8 Å². The van der Waals surface area contributed by atoms with E-state index in [2.05, 4.69) is 9.97 Å². The minimum atomic E-state index is -0.441. The van der Waals surface area contributed by atoms with Crippen LogP contribution < -0.4 is 16.2 Å². The number of nitrogens with one attached hydrogen (secondary N) is 1. The summed E-state index contributed by atoms with van der Waals surface area (Å²) >= 11 is 1.91. The molecule has 0 saturated heterocycles. The fourth-order valence-electron chi connectivity index (χ4n) is 1.45. The van der Waals surface area contributed by atoms with Crippen LogP contribution in [0.25, 0.3) is 0 Å². The van der Waals surface area contributed by atoms with Gasteiger partial charge >= 0.3 is 0 Å². The van der Waals surface area contributed by atoms with Crippen LogP contribution in [-0.2, 0) is 4.79 Å². The molecule has 1 heterocycles. The monoisotopic (exact) mass is 350 g/mol. The molecule has 0 aliphatic rings. The SMILES string of the molecule is CC(C)CN(CC(N)=O)c1nc[nH]c(=O)c1I. The largest absolute Gasteiger partial charge is 0.368 e. The summed E-state index contributed by atoms with van der Waals surface area (Å²) in [6, 6.07) is 0. The number of carbonyl (C=O) groups is 1. The van der Waals surface area contributed by atoms with E-state index in [1.165, 1.54) is 6.33 Å². The maximum Gasteiger partial charge on any atom is 0.266 e. The number of primary amides is 1. The first-order valence-electron chi connectivity index (χ1n) is 5.18. The number of nitrogens with zero attached hydrogens (tertiary/aromatic N) is 2. The van der Waals surface area contributed by atoms with Crippen molar-refractivity contribution in [2.24, 2.45) is 11.7 Å². The van der Waals surface area contributed by atoms with Crippen LogP contribution in [0.5, 0.6) is 0 Å². The molecule has 17 heavy (non-hydrogen) atoms. The van der Waals surface area contributed by atoms with Crippen molar-refractivity contribution in [1.82, 2.24) is 9.97 Å². The minimum Gasteiger partial charge on any atom is -0.368 e. The van der Waals surface area contributed by atoms with E-state index in [1.54, 1.807) is 4.90 Å². The highest BCUT2D eigenvalue weighted by Crippen LogP contribution is 2.16. The number of H-pyrrole nitrogens is 1. The van der Waals surface area contributed by atoms with Gasteiger partial charge in [-0.3, -0.25) is 9.59 Å². The predicted molar refractivity (Wildman–Crippen MR) is 73.8 cm³/mol. The molecule has 0 aromatic carbocycles. The van der Waals surface area contributed by atoms with Crippen LogP contribution in [0, 0.1) is 9.49 Å². The third-order valence-corrected chi connectivity index (χ3v) is 2.98. The Labute approximate surface area is 113 Å². The summed E-state index contributed by atoms with van der Waals surface area (Å²) in [7, 11) is 0. The van der Waals surface area contributed by atoms with E-state index >= 15 is 0 Å². The molecule has 1 aromatic heterocycles. The number of carbonyl (C=O) groups excluding carboxylic acids is 1. The molecular weight excluding hydrogens is 335 g/mol. The summed E-state index contributed by atoms with van der Waals surface area (Å²) in [4.78, 5) is 30.8. The quantitative estimate of drug-likeness (QED) is 0.749. The Morgan fingerprint density at radius 3 is 2.82 bits per heavy atom. The molecule has 1 rings (SSSR count). The number of amides is 1. The van der Waals surface area contributed by atoms with Gasteiger partial charge in [0.15, 0.2) is 0 Å². The Morgan fingerprint density at radius 1 is 1.65 bits per heavy atom. The van der Waals surface area contributed by atoms with E-state index in [0.29, 0.717) is 21.9 Å². The van der Waals surface area contributed by atoms with Gasteiger partial charge in [0.25, 0.3) is 5.56 Å². The Hall–Kier alpha value is -1.12. The fourth-order valence-corrected chi connectivity index (χ4v) is 2.08. The smallest absolute Gasteiger partial charge is 0.266 e. The first kappa shape index (κ1) is 13.9. The van der Waals surface area contributed by atoms with Crippen LogP contribution in [0.1, 0.15) is 13.8 Å². The topological polar surface area (TPSA) is 92.1 Å². The molecule has 0 aliphatic carbocycles. The Morgan fingerprint density at radius 2 is 2.29 bits per heavy atom. The third kappa shape index (κ3) is 3.99. The number of hydrogen-bond acceptors (Lipinski definition) is 4. The zero-order valence-corrected chi connectivity index (χ0v) is 11.9. The Kier molecular flexibility index (Phi) is 4.91. The summed E-state index contributed by atoms with van der Waals surface area (Å²) in [5.41, 5.74) is 4.98. The van der Waals surface area contributed by atoms with Gasteiger partial charge in [0.2, 0.25) is 5.91 Å². The van der Waals surface area contributed by atoms with E-state index in [9.17, 15) is 9.59 Å². The molecule has 1 amide bonds. The van der Waals surface area contributed by atoms with Gasteiger partial charge < -0.3 is 15.6 Å². The second-order valence-electron chi connectivity index (χ2n) is 4.11. The zero-order chi connectivity index (χ0) is 13.0. The standard InChI is InChI=1S/C10H15IN4O2/c1-6(2)3-15(4-7(12)16)9-8(11)10(17)14-5-13-9/h5-6H,3-4H2,1-2H3,(H2,12,16)(H,13,14,17). The average Bonchev–Trinajstić information content (AvgIpc) is 2.19. The molecule has 6 nitrogen and oxygen atoms in total. The highest BCUT2D eigenvalue weighted by molar-refractivity contribution is 14.1. The third-order valence-electron chi connectivity index (χ3n) is 2.01. The van der Waals surface area contributed by atoms with Gasteiger partial charge in [-0.05, 0) is 28.5 Å². The van der Waals surface area contributed by atoms with Crippen molar-refractivity contribution in [1.29, 1.82) is 0 Å². The molecule has 0 aliphatic heterocycles. The van der Waals surface area contributed by atoms with Gasteiger partial charge in [-0.15, -0.1) is 0 Å². The molecule has 3 N–H and O–H groups in total. The van der Waals surface area contributed by atoms with Crippen LogP contribution >= 0.6 is 22.6 Å². The van der Waals surface area contributed by atoms with E-state index in [0.717, 1.165) is 0 Å². The summed E-state index contributed by atoms with van der Waals surface area (Å²) in [5.74, 6) is 0.400. The first-order chi connectivity index (χ1) is 7.91. The van der Waals surface area contributed by atoms with Crippen LogP contribution in [-0.4, -0.2) is 29.0 Å². The zero-order valence-electron chi connectivity index (χ0n) is 9.74.